The molecule has 0 spiro atoms. The third kappa shape index (κ3) is 1.54. The number of thiol groups is 1. The van der Waals surface area contributed by atoms with Crippen LogP contribution in [0.5, 0.6) is 5.75 Å². The predicted molar refractivity (Wildman–Crippen MR) is 45.5 cm³/mol. The number of hydrogen-bond donors (Lipinski definition) is 2. The zero-order valence-corrected chi connectivity index (χ0v) is 6.93. The Kier molecular flexibility index (Phi) is 2.19. The molecule has 0 saturated carbocycles. The highest BCUT2D eigenvalue weighted by atomic mass is 32.1. The second-order valence-electron chi connectivity index (χ2n) is 2.34. The first-order valence-electron chi connectivity index (χ1n) is 3.13. The predicted octanol–water partition coefficient (Wildman–Crippen LogP) is 1.80. The molecule has 1 aromatic carbocycles. The smallest absolute Gasteiger partial charge is 0.153 e. The first kappa shape index (κ1) is 8.14. The highest BCUT2D eigenvalue weighted by molar-refractivity contribution is 7.80. The van der Waals surface area contributed by atoms with Crippen LogP contribution in [0.4, 0.5) is 0 Å². The number of hydrogen-bond acceptors (Lipinski definition) is 3. The van der Waals surface area contributed by atoms with Gasteiger partial charge in [0.1, 0.15) is 5.75 Å². The van der Waals surface area contributed by atoms with Crippen LogP contribution in [0.15, 0.2) is 17.0 Å². The minimum absolute atomic E-state index is 0.0473. The molecular formula is C8H8O2S. The van der Waals surface area contributed by atoms with Crippen LogP contribution in [0.3, 0.4) is 0 Å². The van der Waals surface area contributed by atoms with Gasteiger partial charge in [-0.3, -0.25) is 4.79 Å². The maximum atomic E-state index is 10.3. The van der Waals surface area contributed by atoms with Gasteiger partial charge in [0.2, 0.25) is 0 Å². The number of benzene rings is 1. The monoisotopic (exact) mass is 168 g/mol. The molecular weight excluding hydrogens is 160 g/mol. The minimum Gasteiger partial charge on any atom is -0.506 e. The quantitative estimate of drug-likeness (QED) is 0.495. The zero-order valence-electron chi connectivity index (χ0n) is 6.03. The third-order valence-corrected chi connectivity index (χ3v) is 1.73. The van der Waals surface area contributed by atoms with E-state index in [0.29, 0.717) is 11.2 Å². The lowest BCUT2D eigenvalue weighted by Crippen LogP contribution is -1.84. The molecule has 0 radical (unpaired) electrons. The number of aromatic hydroxyl groups is 1. The van der Waals surface area contributed by atoms with Gasteiger partial charge >= 0.3 is 0 Å². The standard InChI is InChI=1S/C8H8O2S/c1-5-2-6(4-9)8(10)7(11)3-5/h2-4,10-11H,1H3. The summed E-state index contributed by atoms with van der Waals surface area (Å²) in [7, 11) is 0. The lowest BCUT2D eigenvalue weighted by molar-refractivity contribution is 0.112. The van der Waals surface area contributed by atoms with Gasteiger partial charge in [0.25, 0.3) is 0 Å². The Morgan fingerprint density at radius 2 is 2.18 bits per heavy atom. The lowest BCUT2D eigenvalue weighted by atomic mass is 10.1. The maximum absolute atomic E-state index is 10.3. The number of aryl methyl sites for hydroxylation is 1. The summed E-state index contributed by atoms with van der Waals surface area (Å²) in [4.78, 5) is 10.8. The Bertz CT molecular complexity index is 294. The molecule has 0 heterocycles. The van der Waals surface area contributed by atoms with Crippen molar-refractivity contribution in [3.8, 4) is 5.75 Å². The Morgan fingerprint density at radius 1 is 1.55 bits per heavy atom. The Morgan fingerprint density at radius 3 is 2.73 bits per heavy atom. The molecule has 2 nitrogen and oxygen atoms in total. The highest BCUT2D eigenvalue weighted by Crippen LogP contribution is 2.25. The van der Waals surface area contributed by atoms with Crippen molar-refractivity contribution in [2.75, 3.05) is 0 Å². The molecule has 58 valence electrons. The van der Waals surface area contributed by atoms with E-state index in [1.807, 2.05) is 6.92 Å². The van der Waals surface area contributed by atoms with E-state index in [-0.39, 0.29) is 11.3 Å². The number of rotatable bonds is 1. The second-order valence-corrected chi connectivity index (χ2v) is 2.82. The number of carbonyl (C=O) groups is 1. The van der Waals surface area contributed by atoms with Gasteiger partial charge in [-0.25, -0.2) is 0 Å². The number of phenolic OH excluding ortho intramolecular Hbond substituents is 1. The molecule has 1 N–H and O–H groups in total. The summed E-state index contributed by atoms with van der Waals surface area (Å²) in [5.41, 5.74) is 1.20. The van der Waals surface area contributed by atoms with Gasteiger partial charge in [0.15, 0.2) is 6.29 Å². The van der Waals surface area contributed by atoms with Crippen molar-refractivity contribution in [2.45, 2.75) is 11.8 Å². The average molecular weight is 168 g/mol. The molecule has 0 amide bonds. The van der Waals surface area contributed by atoms with Crippen LogP contribution in [0, 0.1) is 6.92 Å². The number of aldehydes is 1. The van der Waals surface area contributed by atoms with Crippen molar-refractivity contribution < 1.29 is 9.90 Å². The van der Waals surface area contributed by atoms with Gasteiger partial charge in [-0.05, 0) is 24.6 Å². The minimum atomic E-state index is -0.0473. The van der Waals surface area contributed by atoms with Crippen molar-refractivity contribution in [3.63, 3.8) is 0 Å². The first-order valence-corrected chi connectivity index (χ1v) is 3.57. The molecule has 0 atom stereocenters. The Hall–Kier alpha value is -0.960. The van der Waals surface area contributed by atoms with Crippen molar-refractivity contribution >= 4 is 18.9 Å². The van der Waals surface area contributed by atoms with Crippen LogP contribution in [0.2, 0.25) is 0 Å². The largest absolute Gasteiger partial charge is 0.506 e. The SMILES string of the molecule is Cc1cc(S)c(O)c(C=O)c1. The van der Waals surface area contributed by atoms with Gasteiger partial charge in [-0.2, -0.15) is 0 Å². The first-order chi connectivity index (χ1) is 5.15. The summed E-state index contributed by atoms with van der Waals surface area (Å²) < 4.78 is 0. The molecule has 0 aliphatic rings. The van der Waals surface area contributed by atoms with Gasteiger partial charge in [0.05, 0.1) is 5.56 Å². The van der Waals surface area contributed by atoms with Crippen molar-refractivity contribution in [1.29, 1.82) is 0 Å². The number of phenols is 1. The van der Waals surface area contributed by atoms with Crippen molar-refractivity contribution in [3.05, 3.63) is 23.3 Å². The highest BCUT2D eigenvalue weighted by Gasteiger charge is 2.03. The molecule has 0 bridgehead atoms. The van der Waals surface area contributed by atoms with Crippen LogP contribution in [-0.4, -0.2) is 11.4 Å². The molecule has 0 aliphatic carbocycles. The fraction of sp³-hybridized carbons (Fsp3) is 0.125. The Balaban J connectivity index is 3.35. The van der Waals surface area contributed by atoms with E-state index in [9.17, 15) is 9.90 Å². The van der Waals surface area contributed by atoms with E-state index in [1.165, 1.54) is 0 Å². The summed E-state index contributed by atoms with van der Waals surface area (Å²) in [5.74, 6) is -0.0473. The van der Waals surface area contributed by atoms with E-state index in [4.69, 9.17) is 0 Å². The topological polar surface area (TPSA) is 37.3 Å². The summed E-state index contributed by atoms with van der Waals surface area (Å²) in [6.07, 6.45) is 0.613. The maximum Gasteiger partial charge on any atom is 0.153 e. The molecule has 0 aliphatic heterocycles. The normalized spacial score (nSPS) is 9.64. The summed E-state index contributed by atoms with van der Waals surface area (Å²) in [6.45, 7) is 1.84. The number of carbonyl (C=O) groups excluding carboxylic acids is 1. The van der Waals surface area contributed by atoms with E-state index in [1.54, 1.807) is 12.1 Å². The summed E-state index contributed by atoms with van der Waals surface area (Å²) in [6, 6.07) is 3.31. The van der Waals surface area contributed by atoms with Crippen molar-refractivity contribution in [1.82, 2.24) is 0 Å². The van der Waals surface area contributed by atoms with E-state index < -0.39 is 0 Å². The average Bonchev–Trinajstić information content (AvgIpc) is 1.96. The molecule has 3 heteroatoms. The van der Waals surface area contributed by atoms with Crippen LogP contribution in [-0.2, 0) is 0 Å². The van der Waals surface area contributed by atoms with E-state index in [2.05, 4.69) is 12.6 Å². The molecule has 1 aromatic rings. The van der Waals surface area contributed by atoms with Gasteiger partial charge in [-0.15, -0.1) is 12.6 Å². The molecule has 0 unspecified atom stereocenters. The molecule has 1 rings (SSSR count). The summed E-state index contributed by atoms with van der Waals surface area (Å²) in [5, 5.41) is 9.21. The van der Waals surface area contributed by atoms with Gasteiger partial charge < -0.3 is 5.11 Å². The van der Waals surface area contributed by atoms with Gasteiger partial charge in [-0.1, -0.05) is 0 Å². The molecule has 0 fully saturated rings. The van der Waals surface area contributed by atoms with Crippen LogP contribution < -0.4 is 0 Å². The third-order valence-electron chi connectivity index (χ3n) is 1.39. The van der Waals surface area contributed by atoms with Crippen molar-refractivity contribution in [2.24, 2.45) is 0 Å². The van der Waals surface area contributed by atoms with E-state index >= 15 is 0 Å². The van der Waals surface area contributed by atoms with Crippen LogP contribution >= 0.6 is 12.6 Å². The van der Waals surface area contributed by atoms with Crippen LogP contribution in [0.25, 0.3) is 0 Å². The lowest BCUT2D eigenvalue weighted by Gasteiger charge is -2.01. The fourth-order valence-corrected chi connectivity index (χ4v) is 1.21. The van der Waals surface area contributed by atoms with Crippen LogP contribution in [0.1, 0.15) is 15.9 Å². The second kappa shape index (κ2) is 2.96. The molecule has 0 saturated heterocycles. The summed E-state index contributed by atoms with van der Waals surface area (Å²) >= 11 is 3.98. The Labute approximate surface area is 70.3 Å². The molecule has 11 heavy (non-hydrogen) atoms. The zero-order chi connectivity index (χ0) is 8.43. The molecule has 0 aromatic heterocycles. The van der Waals surface area contributed by atoms with E-state index in [0.717, 1.165) is 5.56 Å². The van der Waals surface area contributed by atoms with Gasteiger partial charge in [0, 0.05) is 4.90 Å². The fourth-order valence-electron chi connectivity index (χ4n) is 0.877.